The maximum Gasteiger partial charge on any atom is 0.262 e. The molecule has 0 saturated heterocycles. The average molecular weight is 371 g/mol. The van der Waals surface area contributed by atoms with Crippen molar-refractivity contribution in [1.82, 2.24) is 0 Å². The lowest BCUT2D eigenvalue weighted by molar-refractivity contribution is -0.255. The van der Waals surface area contributed by atoms with Gasteiger partial charge < -0.3 is 19.4 Å². The van der Waals surface area contributed by atoms with Gasteiger partial charge in [0.15, 0.2) is 0 Å². The van der Waals surface area contributed by atoms with Crippen molar-refractivity contribution in [3.63, 3.8) is 0 Å². The van der Waals surface area contributed by atoms with Crippen LogP contribution in [-0.2, 0) is 10.0 Å². The summed E-state index contributed by atoms with van der Waals surface area (Å²) in [7, 11) is -1.18. The molecule has 0 aliphatic rings. The molecule has 0 aliphatic carbocycles. The lowest BCUT2D eigenvalue weighted by Crippen LogP contribution is -2.22. The summed E-state index contributed by atoms with van der Waals surface area (Å²) in [6, 6.07) is 7.39. The van der Waals surface area contributed by atoms with Crippen molar-refractivity contribution in [2.24, 2.45) is 0 Å². The van der Waals surface area contributed by atoms with Crippen LogP contribution in [0.3, 0.4) is 0 Å². The Morgan fingerprint density at radius 2 is 1.67 bits per heavy atom. The fraction of sp³-hybridized carbons (Fsp3) is 0.133. The van der Waals surface area contributed by atoms with Crippen LogP contribution in [0, 0.1) is 0 Å². The number of carboxylic acids is 1. The fourth-order valence-corrected chi connectivity index (χ4v) is 3.22. The van der Waals surface area contributed by atoms with Gasteiger partial charge in [-0.2, -0.15) is 0 Å². The Morgan fingerprint density at radius 3 is 2.17 bits per heavy atom. The second kappa shape index (κ2) is 6.98. The van der Waals surface area contributed by atoms with Crippen LogP contribution in [0.2, 0.25) is 5.02 Å². The summed E-state index contributed by atoms with van der Waals surface area (Å²) in [5.74, 6) is -0.850. The van der Waals surface area contributed by atoms with Crippen LogP contribution in [0.15, 0.2) is 41.3 Å². The topological polar surface area (TPSA) is 105 Å². The van der Waals surface area contributed by atoms with E-state index in [0.717, 1.165) is 24.3 Å². The van der Waals surface area contributed by atoms with E-state index in [9.17, 15) is 18.3 Å². The number of anilines is 1. The quantitative estimate of drug-likeness (QED) is 0.826. The molecule has 24 heavy (non-hydrogen) atoms. The number of carboxylic acid groups (broad SMARTS) is 1. The first-order chi connectivity index (χ1) is 11.3. The van der Waals surface area contributed by atoms with E-state index in [2.05, 4.69) is 4.72 Å². The third kappa shape index (κ3) is 3.72. The Bertz CT molecular complexity index is 864. The second-order valence-electron chi connectivity index (χ2n) is 4.60. The third-order valence-corrected chi connectivity index (χ3v) is 4.80. The van der Waals surface area contributed by atoms with E-state index in [1.165, 1.54) is 26.4 Å². The van der Waals surface area contributed by atoms with Gasteiger partial charge >= 0.3 is 0 Å². The molecule has 0 aromatic heterocycles. The molecular formula is C15H13ClNO6S-. The minimum atomic E-state index is -3.97. The van der Waals surface area contributed by atoms with E-state index < -0.39 is 16.0 Å². The summed E-state index contributed by atoms with van der Waals surface area (Å²) < 4.78 is 37.3. The van der Waals surface area contributed by atoms with Gasteiger partial charge in [-0.15, -0.1) is 0 Å². The van der Waals surface area contributed by atoms with Crippen LogP contribution in [0.1, 0.15) is 10.4 Å². The zero-order valence-corrected chi connectivity index (χ0v) is 14.3. The molecule has 0 bridgehead atoms. The van der Waals surface area contributed by atoms with Gasteiger partial charge in [0.25, 0.3) is 10.0 Å². The molecule has 0 amide bonds. The molecule has 9 heteroatoms. The zero-order valence-electron chi connectivity index (χ0n) is 12.7. The maximum absolute atomic E-state index is 12.4. The van der Waals surface area contributed by atoms with E-state index in [1.807, 2.05) is 0 Å². The summed E-state index contributed by atoms with van der Waals surface area (Å²) >= 11 is 6.00. The van der Waals surface area contributed by atoms with Crippen LogP contribution in [0.5, 0.6) is 11.5 Å². The van der Waals surface area contributed by atoms with Crippen molar-refractivity contribution < 1.29 is 27.8 Å². The zero-order chi connectivity index (χ0) is 17.9. The molecule has 0 heterocycles. The largest absolute Gasteiger partial charge is 0.545 e. The molecule has 1 N–H and O–H groups in total. The number of benzene rings is 2. The van der Waals surface area contributed by atoms with E-state index in [1.54, 1.807) is 0 Å². The molecule has 2 aromatic carbocycles. The van der Waals surface area contributed by atoms with Crippen LogP contribution >= 0.6 is 11.6 Å². The molecule has 0 saturated carbocycles. The number of hydrogen-bond donors (Lipinski definition) is 1. The van der Waals surface area contributed by atoms with E-state index in [4.69, 9.17) is 21.1 Å². The summed E-state index contributed by atoms with van der Waals surface area (Å²) in [5.41, 5.74) is -0.00806. The predicted molar refractivity (Wildman–Crippen MR) is 86.1 cm³/mol. The Kier molecular flexibility index (Phi) is 5.20. The monoisotopic (exact) mass is 370 g/mol. The van der Waals surface area contributed by atoms with Crippen molar-refractivity contribution in [1.29, 1.82) is 0 Å². The Morgan fingerprint density at radius 1 is 1.08 bits per heavy atom. The van der Waals surface area contributed by atoms with Gasteiger partial charge in [-0.3, -0.25) is 4.72 Å². The number of methoxy groups -OCH3 is 2. The van der Waals surface area contributed by atoms with Crippen molar-refractivity contribution in [2.75, 3.05) is 18.9 Å². The highest BCUT2D eigenvalue weighted by Gasteiger charge is 2.18. The lowest BCUT2D eigenvalue weighted by atomic mass is 10.2. The number of rotatable bonds is 6. The average Bonchev–Trinajstić information content (AvgIpc) is 2.55. The first-order valence-electron chi connectivity index (χ1n) is 6.54. The van der Waals surface area contributed by atoms with Crippen LogP contribution < -0.4 is 19.3 Å². The first-order valence-corrected chi connectivity index (χ1v) is 8.40. The van der Waals surface area contributed by atoms with Gasteiger partial charge in [-0.1, -0.05) is 23.7 Å². The van der Waals surface area contributed by atoms with Crippen molar-refractivity contribution in [3.05, 3.63) is 47.0 Å². The van der Waals surface area contributed by atoms with Crippen molar-refractivity contribution in [2.45, 2.75) is 4.90 Å². The molecule has 2 rings (SSSR count). The predicted octanol–water partition coefficient (Wildman–Crippen LogP) is 1.52. The Labute approximate surface area is 143 Å². The highest BCUT2D eigenvalue weighted by molar-refractivity contribution is 7.92. The SMILES string of the molecule is COc1cc(OC)c(NS(=O)(=O)c2ccc(C(=O)[O-])cc2)cc1Cl. The van der Waals surface area contributed by atoms with E-state index in [-0.39, 0.29) is 26.9 Å². The standard InChI is InChI=1S/C15H14ClNO6S/c1-22-13-8-14(23-2)12(7-11(13)16)17-24(20,21)10-5-3-9(4-6-10)15(18)19/h3-8,17H,1-2H3,(H,18,19)/p-1. The highest BCUT2D eigenvalue weighted by atomic mass is 35.5. The van der Waals surface area contributed by atoms with Crippen molar-refractivity contribution in [3.8, 4) is 11.5 Å². The van der Waals surface area contributed by atoms with Gasteiger partial charge in [0.1, 0.15) is 11.5 Å². The summed E-state index contributed by atoms with van der Waals surface area (Å²) in [6.45, 7) is 0. The minimum Gasteiger partial charge on any atom is -0.545 e. The summed E-state index contributed by atoms with van der Waals surface area (Å²) in [6.07, 6.45) is 0. The number of carbonyl (C=O) groups is 1. The van der Waals surface area contributed by atoms with Crippen molar-refractivity contribution >= 4 is 33.3 Å². The fourth-order valence-electron chi connectivity index (χ4n) is 1.91. The molecule has 7 nitrogen and oxygen atoms in total. The highest BCUT2D eigenvalue weighted by Crippen LogP contribution is 2.36. The van der Waals surface area contributed by atoms with E-state index in [0.29, 0.717) is 5.75 Å². The molecule has 0 atom stereocenters. The molecule has 2 aromatic rings. The van der Waals surface area contributed by atoms with Crippen LogP contribution in [0.25, 0.3) is 0 Å². The molecular weight excluding hydrogens is 358 g/mol. The number of sulfonamides is 1. The lowest BCUT2D eigenvalue weighted by Gasteiger charge is -2.14. The van der Waals surface area contributed by atoms with Gasteiger partial charge in [0.2, 0.25) is 0 Å². The summed E-state index contributed by atoms with van der Waals surface area (Å²) in [4.78, 5) is 10.6. The minimum absolute atomic E-state index is 0.118. The second-order valence-corrected chi connectivity index (χ2v) is 6.69. The molecule has 0 radical (unpaired) electrons. The molecule has 0 spiro atoms. The molecule has 0 fully saturated rings. The van der Waals surface area contributed by atoms with Gasteiger partial charge in [0, 0.05) is 6.07 Å². The Balaban J connectivity index is 2.38. The smallest absolute Gasteiger partial charge is 0.262 e. The number of aromatic carboxylic acids is 1. The molecule has 0 unspecified atom stereocenters. The number of carbonyl (C=O) groups excluding carboxylic acids is 1. The molecule has 0 aliphatic heterocycles. The van der Waals surface area contributed by atoms with Gasteiger partial charge in [-0.05, 0) is 23.8 Å². The van der Waals surface area contributed by atoms with Crippen LogP contribution in [-0.4, -0.2) is 28.6 Å². The molecule has 128 valence electrons. The first kappa shape index (κ1) is 17.9. The number of nitrogens with one attached hydrogen (secondary N) is 1. The van der Waals surface area contributed by atoms with Gasteiger partial charge in [-0.25, -0.2) is 8.42 Å². The van der Waals surface area contributed by atoms with E-state index >= 15 is 0 Å². The Hall–Kier alpha value is -2.45. The number of ether oxygens (including phenoxy) is 2. The number of halogens is 1. The number of hydrogen-bond acceptors (Lipinski definition) is 6. The van der Waals surface area contributed by atoms with Crippen LogP contribution in [0.4, 0.5) is 5.69 Å². The third-order valence-electron chi connectivity index (χ3n) is 3.12. The maximum atomic E-state index is 12.4. The normalized spacial score (nSPS) is 11.0. The van der Waals surface area contributed by atoms with Gasteiger partial charge in [0.05, 0.1) is 35.8 Å². The summed E-state index contributed by atoms with van der Waals surface area (Å²) in [5, 5.41) is 10.9.